The first-order chi connectivity index (χ1) is 15.8. The number of amides is 3. The molecule has 0 radical (unpaired) electrons. The molecule has 0 bridgehead atoms. The van der Waals surface area contributed by atoms with Gasteiger partial charge in [0, 0.05) is 24.1 Å². The minimum atomic E-state index is -0.836. The largest absolute Gasteiger partial charge is 1.00 e. The average Bonchev–Trinajstić information content (AvgIpc) is 2.83. The van der Waals surface area contributed by atoms with Crippen LogP contribution in [0, 0.1) is 23.0 Å². The average molecular weight is 494 g/mol. The monoisotopic (exact) mass is 493 g/mol. The Labute approximate surface area is 228 Å². The molecule has 0 aliphatic rings. The summed E-state index contributed by atoms with van der Waals surface area (Å²) in [5, 5.41) is 16.7. The maximum absolute atomic E-state index is 13.4. The Balaban J connectivity index is 0.00000578. The quantitative estimate of drug-likeness (QED) is 0.222. The van der Waals surface area contributed by atoms with Crippen molar-refractivity contribution >= 4 is 29.5 Å². The molecule has 0 saturated heterocycles. The fourth-order valence-corrected chi connectivity index (χ4v) is 4.73. The van der Waals surface area contributed by atoms with Crippen LogP contribution in [0.15, 0.2) is 65.6 Å². The Morgan fingerprint density at radius 2 is 1.47 bits per heavy atom. The number of carbonyl (C=O) groups excluding carboxylic acids is 3. The van der Waals surface area contributed by atoms with E-state index >= 15 is 0 Å². The zero-order valence-corrected chi connectivity index (χ0v) is 23.1. The molecule has 2 rings (SSSR count). The van der Waals surface area contributed by atoms with Crippen molar-refractivity contribution in [2.45, 2.75) is 37.6 Å². The van der Waals surface area contributed by atoms with Crippen LogP contribution in [0.25, 0.3) is 0 Å². The molecule has 0 heterocycles. The Hall–Kier alpha value is -1.84. The van der Waals surface area contributed by atoms with E-state index < -0.39 is 29.7 Å². The van der Waals surface area contributed by atoms with E-state index in [0.717, 1.165) is 10.5 Å². The van der Waals surface area contributed by atoms with Crippen molar-refractivity contribution in [2.75, 3.05) is 12.8 Å². The van der Waals surface area contributed by atoms with Crippen molar-refractivity contribution in [2.24, 2.45) is 17.8 Å². The Morgan fingerprint density at radius 3 is 2.00 bits per heavy atom. The molecule has 34 heavy (non-hydrogen) atoms. The van der Waals surface area contributed by atoms with Crippen LogP contribution in [-0.4, -0.2) is 36.6 Å². The van der Waals surface area contributed by atoms with Gasteiger partial charge < -0.3 is 21.3 Å². The second kappa shape index (κ2) is 15.9. The predicted octanol–water partition coefficient (Wildman–Crippen LogP) is 0.149. The summed E-state index contributed by atoms with van der Waals surface area (Å²) >= 11 is 1.42. The first kappa shape index (κ1) is 30.2. The summed E-state index contributed by atoms with van der Waals surface area (Å²) in [6.07, 6.45) is 0.725. The van der Waals surface area contributed by atoms with Crippen molar-refractivity contribution < 1.29 is 43.9 Å². The van der Waals surface area contributed by atoms with E-state index in [-0.39, 0.29) is 47.1 Å². The summed E-state index contributed by atoms with van der Waals surface area (Å²) in [5.74, 6) is -2.66. The SMILES string of the molecule is CNC(=O)[C@H](Cc1ccccc1)NC(=O)[C@H](CC(C)C)[C@H](CSc1ccccc1)C(=O)N[O-].[Na+]. The third kappa shape index (κ3) is 9.80. The predicted molar refractivity (Wildman–Crippen MR) is 131 cm³/mol. The molecule has 0 aliphatic heterocycles. The normalized spacial score (nSPS) is 13.2. The van der Waals surface area contributed by atoms with E-state index in [2.05, 4.69) is 10.6 Å². The molecular weight excluding hydrogens is 461 g/mol. The fourth-order valence-electron chi connectivity index (χ4n) is 3.63. The van der Waals surface area contributed by atoms with Gasteiger partial charge >= 0.3 is 29.6 Å². The summed E-state index contributed by atoms with van der Waals surface area (Å²) < 4.78 is 0. The number of carbonyl (C=O) groups is 3. The van der Waals surface area contributed by atoms with Crippen LogP contribution in [0.3, 0.4) is 0 Å². The van der Waals surface area contributed by atoms with Gasteiger partial charge in [-0.15, -0.1) is 11.8 Å². The molecule has 0 unspecified atom stereocenters. The number of benzene rings is 2. The van der Waals surface area contributed by atoms with Crippen LogP contribution in [-0.2, 0) is 20.8 Å². The minimum Gasteiger partial charge on any atom is -0.759 e. The van der Waals surface area contributed by atoms with Gasteiger partial charge in [0.2, 0.25) is 17.7 Å². The van der Waals surface area contributed by atoms with E-state index in [1.807, 2.05) is 74.5 Å². The standard InChI is InChI=1S/C25H32N3O4S.Na/c1-17(2)14-20(21(24(30)28-32)16-33-19-12-8-5-9-13-19)23(29)27-22(25(31)26-3)15-18-10-6-4-7-11-18;/h4-13,17,20-22H,14-16H2,1-3H3,(H3-,26,27,28,29,30,31,32);/q-1;+1/t20-,21+,22+;/m1./s1. The molecule has 178 valence electrons. The molecule has 0 aliphatic carbocycles. The summed E-state index contributed by atoms with van der Waals surface area (Å²) in [6, 6.07) is 18.1. The third-order valence-corrected chi connectivity index (χ3v) is 6.45. The Bertz CT molecular complexity index is 900. The van der Waals surface area contributed by atoms with Crippen molar-refractivity contribution in [3.8, 4) is 0 Å². The Kier molecular flexibility index (Phi) is 14.2. The number of thioether (sulfide) groups is 1. The van der Waals surface area contributed by atoms with Gasteiger partial charge in [-0.05, 0) is 30.0 Å². The number of hydrogen-bond donors (Lipinski definition) is 3. The van der Waals surface area contributed by atoms with Gasteiger partial charge in [0.25, 0.3) is 0 Å². The number of hydroxylamine groups is 1. The summed E-state index contributed by atoms with van der Waals surface area (Å²) in [4.78, 5) is 39.4. The third-order valence-electron chi connectivity index (χ3n) is 5.32. The molecule has 2 aromatic rings. The molecule has 3 amide bonds. The fraction of sp³-hybridized carbons (Fsp3) is 0.400. The second-order valence-corrected chi connectivity index (χ2v) is 9.39. The van der Waals surface area contributed by atoms with Gasteiger partial charge in [-0.1, -0.05) is 62.4 Å². The zero-order valence-electron chi connectivity index (χ0n) is 20.2. The molecule has 9 heteroatoms. The topological polar surface area (TPSA) is 110 Å². The van der Waals surface area contributed by atoms with E-state index in [9.17, 15) is 19.6 Å². The van der Waals surface area contributed by atoms with Crippen LogP contribution in [0.5, 0.6) is 0 Å². The van der Waals surface area contributed by atoms with Crippen LogP contribution < -0.4 is 45.7 Å². The number of likely N-dealkylation sites (N-methyl/N-ethyl adjacent to an activating group) is 1. The van der Waals surface area contributed by atoms with Crippen molar-refractivity contribution in [3.05, 3.63) is 71.4 Å². The van der Waals surface area contributed by atoms with Crippen LogP contribution in [0.4, 0.5) is 0 Å². The second-order valence-electron chi connectivity index (χ2n) is 8.30. The molecule has 3 N–H and O–H groups in total. The minimum absolute atomic E-state index is 0. The zero-order chi connectivity index (χ0) is 24.2. The molecular formula is C25H32N3NaO4S. The van der Waals surface area contributed by atoms with Crippen LogP contribution in [0.1, 0.15) is 25.8 Å². The first-order valence-electron chi connectivity index (χ1n) is 11.0. The molecule has 0 fully saturated rings. The van der Waals surface area contributed by atoms with E-state index in [0.29, 0.717) is 12.8 Å². The molecule has 7 nitrogen and oxygen atoms in total. The number of rotatable bonds is 12. The van der Waals surface area contributed by atoms with Gasteiger partial charge in [-0.3, -0.25) is 14.4 Å². The molecule has 3 atom stereocenters. The van der Waals surface area contributed by atoms with Crippen molar-refractivity contribution in [1.29, 1.82) is 0 Å². The van der Waals surface area contributed by atoms with E-state index in [1.54, 1.807) is 0 Å². The molecule has 0 spiro atoms. The van der Waals surface area contributed by atoms with Gasteiger partial charge in [-0.2, -0.15) is 0 Å². The van der Waals surface area contributed by atoms with Crippen molar-refractivity contribution in [1.82, 2.24) is 16.1 Å². The molecule has 0 aromatic heterocycles. The van der Waals surface area contributed by atoms with Crippen LogP contribution >= 0.6 is 11.8 Å². The smallest absolute Gasteiger partial charge is 0.759 e. The first-order valence-corrected chi connectivity index (χ1v) is 12.0. The summed E-state index contributed by atoms with van der Waals surface area (Å²) in [7, 11) is 1.52. The van der Waals surface area contributed by atoms with Gasteiger partial charge in [-0.25, -0.2) is 0 Å². The van der Waals surface area contributed by atoms with Gasteiger partial charge in [0.1, 0.15) is 6.04 Å². The molecule has 2 aromatic carbocycles. The van der Waals surface area contributed by atoms with E-state index in [1.165, 1.54) is 24.3 Å². The maximum Gasteiger partial charge on any atom is 1.00 e. The summed E-state index contributed by atoms with van der Waals surface area (Å²) in [6.45, 7) is 3.91. The van der Waals surface area contributed by atoms with Crippen LogP contribution in [0.2, 0.25) is 0 Å². The summed E-state index contributed by atoms with van der Waals surface area (Å²) in [5.41, 5.74) is 2.38. The molecule has 0 saturated carbocycles. The van der Waals surface area contributed by atoms with Crippen molar-refractivity contribution in [3.63, 3.8) is 0 Å². The number of nitrogens with one attached hydrogen (secondary N) is 3. The van der Waals surface area contributed by atoms with Gasteiger partial charge in [0.15, 0.2) is 0 Å². The van der Waals surface area contributed by atoms with E-state index in [4.69, 9.17) is 0 Å². The Morgan fingerprint density at radius 1 is 0.882 bits per heavy atom. The van der Waals surface area contributed by atoms with Gasteiger partial charge in [0.05, 0.1) is 11.8 Å². The maximum atomic E-state index is 13.4. The number of hydrogen-bond acceptors (Lipinski definition) is 5.